The average molecular weight is 400 g/mol. The zero-order valence-electron chi connectivity index (χ0n) is 10.0. The lowest BCUT2D eigenvalue weighted by Gasteiger charge is -2.28. The van der Waals surface area contributed by atoms with Crippen molar-refractivity contribution in [2.24, 2.45) is 11.7 Å². The van der Waals surface area contributed by atoms with Crippen LogP contribution in [-0.2, 0) is 0 Å². The van der Waals surface area contributed by atoms with E-state index in [2.05, 4.69) is 31.9 Å². The molecular formula is C13H18Br2ClNO. The van der Waals surface area contributed by atoms with Gasteiger partial charge in [0.25, 0.3) is 0 Å². The molecule has 1 aliphatic rings. The van der Waals surface area contributed by atoms with E-state index < -0.39 is 0 Å². The minimum atomic E-state index is 0. The maximum atomic E-state index is 9.69. The highest BCUT2D eigenvalue weighted by atomic mass is 79.9. The summed E-state index contributed by atoms with van der Waals surface area (Å²) in [6.07, 6.45) is 6.36. The fourth-order valence-corrected chi connectivity index (χ4v) is 3.76. The van der Waals surface area contributed by atoms with Crippen LogP contribution in [0.5, 0.6) is 5.75 Å². The molecule has 3 N–H and O–H groups in total. The molecule has 1 atom stereocenters. The summed E-state index contributed by atoms with van der Waals surface area (Å²) in [6, 6.07) is 3.93. The van der Waals surface area contributed by atoms with Crippen LogP contribution in [0.15, 0.2) is 21.1 Å². The van der Waals surface area contributed by atoms with E-state index in [9.17, 15) is 5.11 Å². The standard InChI is InChI=1S/C13H17Br2NO.ClH/c14-10-6-9(7-11(15)13(10)17)12(16)8-4-2-1-3-5-8;/h6-8,12,17H,1-5,16H2;1H/t12-;/m0./s1. The summed E-state index contributed by atoms with van der Waals surface area (Å²) >= 11 is 6.71. The Hall–Kier alpha value is 0.230. The summed E-state index contributed by atoms with van der Waals surface area (Å²) in [5.41, 5.74) is 7.43. The summed E-state index contributed by atoms with van der Waals surface area (Å²) in [5.74, 6) is 0.816. The Bertz CT molecular complexity index is 385. The van der Waals surface area contributed by atoms with Gasteiger partial charge in [-0.2, -0.15) is 0 Å². The Labute approximate surface area is 131 Å². The molecule has 0 aliphatic heterocycles. The van der Waals surface area contributed by atoms with Crippen LogP contribution in [0, 0.1) is 5.92 Å². The molecule has 2 rings (SSSR count). The molecule has 2 nitrogen and oxygen atoms in total. The number of hydrogen-bond donors (Lipinski definition) is 2. The molecule has 1 aromatic rings. The lowest BCUT2D eigenvalue weighted by atomic mass is 9.81. The van der Waals surface area contributed by atoms with Gasteiger partial charge in [-0.05, 0) is 68.3 Å². The third-order valence-electron chi connectivity index (χ3n) is 3.58. The lowest BCUT2D eigenvalue weighted by Crippen LogP contribution is -2.23. The van der Waals surface area contributed by atoms with E-state index in [0.29, 0.717) is 14.9 Å². The Morgan fingerprint density at radius 1 is 1.11 bits per heavy atom. The van der Waals surface area contributed by atoms with Gasteiger partial charge in [-0.1, -0.05) is 19.3 Å². The predicted octanol–water partition coefficient (Wildman–Crippen LogP) is 4.92. The van der Waals surface area contributed by atoms with Crippen LogP contribution in [0.25, 0.3) is 0 Å². The molecule has 0 aromatic heterocycles. The Balaban J connectivity index is 0.00000162. The number of benzene rings is 1. The van der Waals surface area contributed by atoms with Crippen molar-refractivity contribution in [1.82, 2.24) is 0 Å². The largest absolute Gasteiger partial charge is 0.506 e. The molecule has 5 heteroatoms. The van der Waals surface area contributed by atoms with Crippen LogP contribution in [0.4, 0.5) is 0 Å². The van der Waals surface area contributed by atoms with Gasteiger partial charge in [-0.25, -0.2) is 0 Å². The van der Waals surface area contributed by atoms with Gasteiger partial charge in [0.2, 0.25) is 0 Å². The molecule has 1 fully saturated rings. The van der Waals surface area contributed by atoms with Crippen molar-refractivity contribution < 1.29 is 5.11 Å². The molecule has 0 bridgehead atoms. The van der Waals surface area contributed by atoms with E-state index in [1.807, 2.05) is 12.1 Å². The normalized spacial score (nSPS) is 18.2. The molecule has 1 aromatic carbocycles. The fourth-order valence-electron chi connectivity index (χ4n) is 2.54. The van der Waals surface area contributed by atoms with E-state index in [1.165, 1.54) is 32.1 Å². The molecule has 0 spiro atoms. The number of hydrogen-bond acceptors (Lipinski definition) is 2. The molecule has 0 saturated heterocycles. The smallest absolute Gasteiger partial charge is 0.143 e. The zero-order valence-corrected chi connectivity index (χ0v) is 14.0. The number of nitrogens with two attached hydrogens (primary N) is 1. The molecular weight excluding hydrogens is 381 g/mol. The van der Waals surface area contributed by atoms with Crippen molar-refractivity contribution in [3.05, 3.63) is 26.6 Å². The number of aromatic hydroxyl groups is 1. The van der Waals surface area contributed by atoms with Gasteiger partial charge in [0.15, 0.2) is 0 Å². The molecule has 0 amide bonds. The van der Waals surface area contributed by atoms with Gasteiger partial charge in [0, 0.05) is 6.04 Å². The van der Waals surface area contributed by atoms with Crippen LogP contribution in [0.2, 0.25) is 0 Å². The monoisotopic (exact) mass is 397 g/mol. The van der Waals surface area contributed by atoms with Gasteiger partial charge in [-0.3, -0.25) is 0 Å². The van der Waals surface area contributed by atoms with Gasteiger partial charge in [0.05, 0.1) is 8.95 Å². The highest BCUT2D eigenvalue weighted by Gasteiger charge is 2.23. The molecule has 0 radical (unpaired) electrons. The average Bonchev–Trinajstić information content (AvgIpc) is 2.35. The topological polar surface area (TPSA) is 46.2 Å². The van der Waals surface area contributed by atoms with Crippen molar-refractivity contribution in [2.75, 3.05) is 0 Å². The van der Waals surface area contributed by atoms with Gasteiger partial charge < -0.3 is 10.8 Å². The Kier molecular flexibility index (Phi) is 6.45. The summed E-state index contributed by atoms with van der Waals surface area (Å²) in [7, 11) is 0. The second-order valence-corrected chi connectivity index (χ2v) is 6.47. The fraction of sp³-hybridized carbons (Fsp3) is 0.538. The SMILES string of the molecule is Cl.N[C@H](c1cc(Br)c(O)c(Br)c1)C1CCCCC1. The molecule has 0 unspecified atom stereocenters. The zero-order chi connectivity index (χ0) is 12.4. The first-order chi connectivity index (χ1) is 8.09. The molecule has 1 aliphatic carbocycles. The van der Waals surface area contributed by atoms with Crippen molar-refractivity contribution >= 4 is 44.3 Å². The number of rotatable bonds is 2. The van der Waals surface area contributed by atoms with Crippen LogP contribution in [-0.4, -0.2) is 5.11 Å². The second kappa shape index (κ2) is 7.13. The van der Waals surface area contributed by atoms with E-state index in [1.54, 1.807) is 0 Å². The van der Waals surface area contributed by atoms with Crippen LogP contribution in [0.3, 0.4) is 0 Å². The van der Waals surface area contributed by atoms with Gasteiger partial charge in [-0.15, -0.1) is 12.4 Å². The Morgan fingerprint density at radius 3 is 2.11 bits per heavy atom. The van der Waals surface area contributed by atoms with Crippen molar-refractivity contribution in [3.63, 3.8) is 0 Å². The number of phenols is 1. The van der Waals surface area contributed by atoms with Crippen LogP contribution < -0.4 is 5.73 Å². The summed E-state index contributed by atoms with van der Waals surface area (Å²) < 4.78 is 1.40. The summed E-state index contributed by atoms with van der Waals surface area (Å²) in [6.45, 7) is 0. The van der Waals surface area contributed by atoms with E-state index in [0.717, 1.165) is 5.56 Å². The highest BCUT2D eigenvalue weighted by molar-refractivity contribution is 9.11. The van der Waals surface area contributed by atoms with Crippen molar-refractivity contribution in [1.29, 1.82) is 0 Å². The minimum absolute atomic E-state index is 0. The first-order valence-corrected chi connectivity index (χ1v) is 7.61. The molecule has 1 saturated carbocycles. The van der Waals surface area contributed by atoms with E-state index in [-0.39, 0.29) is 24.2 Å². The first-order valence-electron chi connectivity index (χ1n) is 6.03. The summed E-state index contributed by atoms with van der Waals surface area (Å²) in [4.78, 5) is 0. The number of phenolic OH excluding ortho intramolecular Hbond substituents is 1. The third kappa shape index (κ3) is 3.62. The highest BCUT2D eigenvalue weighted by Crippen LogP contribution is 2.38. The van der Waals surface area contributed by atoms with Crippen LogP contribution in [0.1, 0.15) is 43.7 Å². The van der Waals surface area contributed by atoms with Crippen molar-refractivity contribution in [2.45, 2.75) is 38.1 Å². The predicted molar refractivity (Wildman–Crippen MR) is 84.3 cm³/mol. The number of halogens is 3. The minimum Gasteiger partial charge on any atom is -0.506 e. The van der Waals surface area contributed by atoms with Gasteiger partial charge >= 0.3 is 0 Å². The quantitative estimate of drug-likeness (QED) is 0.741. The lowest BCUT2D eigenvalue weighted by molar-refractivity contribution is 0.308. The second-order valence-electron chi connectivity index (χ2n) is 4.76. The maximum Gasteiger partial charge on any atom is 0.143 e. The third-order valence-corrected chi connectivity index (χ3v) is 4.79. The molecule has 102 valence electrons. The summed E-state index contributed by atoms with van der Waals surface area (Å²) in [5, 5.41) is 9.69. The molecule has 18 heavy (non-hydrogen) atoms. The Morgan fingerprint density at radius 2 is 1.61 bits per heavy atom. The van der Waals surface area contributed by atoms with E-state index >= 15 is 0 Å². The van der Waals surface area contributed by atoms with Crippen molar-refractivity contribution in [3.8, 4) is 5.75 Å². The van der Waals surface area contributed by atoms with Gasteiger partial charge in [0.1, 0.15) is 5.75 Å². The van der Waals surface area contributed by atoms with E-state index in [4.69, 9.17) is 5.73 Å². The van der Waals surface area contributed by atoms with Crippen LogP contribution >= 0.6 is 44.3 Å². The first kappa shape index (κ1) is 16.3. The maximum absolute atomic E-state index is 9.69. The molecule has 0 heterocycles.